The van der Waals surface area contributed by atoms with Crippen LogP contribution in [0.4, 0.5) is 32.0 Å². The zero-order valence-corrected chi connectivity index (χ0v) is 16.7. The van der Waals surface area contributed by atoms with E-state index in [1.807, 2.05) is 0 Å². The first-order valence-electron chi connectivity index (χ1n) is 9.87. The van der Waals surface area contributed by atoms with E-state index in [4.69, 9.17) is 0 Å². The molecule has 0 saturated carbocycles. The van der Waals surface area contributed by atoms with Crippen LogP contribution in [0.5, 0.6) is 0 Å². The maximum atomic E-state index is 14.1. The van der Waals surface area contributed by atoms with Gasteiger partial charge < -0.3 is 4.98 Å². The second-order valence-corrected chi connectivity index (χ2v) is 7.57. The minimum atomic E-state index is -5.01. The lowest BCUT2D eigenvalue weighted by Gasteiger charge is -2.19. The summed E-state index contributed by atoms with van der Waals surface area (Å²) in [5.74, 6) is 0. The number of para-hydroxylation sites is 2. The van der Waals surface area contributed by atoms with E-state index in [0.29, 0.717) is 39.4 Å². The van der Waals surface area contributed by atoms with Crippen molar-refractivity contribution in [1.29, 1.82) is 0 Å². The number of halogens is 6. The third-order valence-corrected chi connectivity index (χ3v) is 5.58. The second-order valence-electron chi connectivity index (χ2n) is 7.57. The van der Waals surface area contributed by atoms with Crippen molar-refractivity contribution >= 4 is 34.0 Å². The van der Waals surface area contributed by atoms with E-state index in [0.717, 1.165) is 6.07 Å². The maximum absolute atomic E-state index is 14.1. The average molecular weight is 456 g/mol. The summed E-state index contributed by atoms with van der Waals surface area (Å²) >= 11 is 0. The van der Waals surface area contributed by atoms with E-state index >= 15 is 0 Å². The van der Waals surface area contributed by atoms with Crippen molar-refractivity contribution in [2.24, 2.45) is 4.99 Å². The lowest BCUT2D eigenvalue weighted by Crippen LogP contribution is -2.14. The number of aromatic nitrogens is 1. The van der Waals surface area contributed by atoms with Gasteiger partial charge in [-0.25, -0.2) is 0 Å². The summed E-state index contributed by atoms with van der Waals surface area (Å²) in [4.78, 5) is 7.35. The summed E-state index contributed by atoms with van der Waals surface area (Å²) in [5, 5.41) is 0.644. The number of nitrogens with zero attached hydrogens (tertiary/aromatic N) is 1. The fourth-order valence-electron chi connectivity index (χ4n) is 4.10. The lowest BCUT2D eigenvalue weighted by atomic mass is 9.86. The fourth-order valence-corrected chi connectivity index (χ4v) is 4.10. The SMILES string of the molecule is FC(F)(F)c1ccc(/C(=C2/C=Nc3ccccc32)c2c[nH]c3ccccc23)c(C(F)(F)F)c1. The van der Waals surface area contributed by atoms with Gasteiger partial charge in [-0.2, -0.15) is 26.3 Å². The summed E-state index contributed by atoms with van der Waals surface area (Å²) in [6.45, 7) is 0. The van der Waals surface area contributed by atoms with Crippen LogP contribution < -0.4 is 0 Å². The second kappa shape index (κ2) is 7.37. The molecule has 0 bridgehead atoms. The molecule has 8 heteroatoms. The molecule has 166 valence electrons. The van der Waals surface area contributed by atoms with E-state index in [1.165, 1.54) is 6.21 Å². The van der Waals surface area contributed by atoms with Crippen molar-refractivity contribution in [1.82, 2.24) is 4.98 Å². The molecule has 0 spiro atoms. The number of allylic oxidation sites excluding steroid dienone is 1. The summed E-state index contributed by atoms with van der Waals surface area (Å²) in [7, 11) is 0. The number of H-pyrrole nitrogens is 1. The van der Waals surface area contributed by atoms with Crippen LogP contribution in [0, 0.1) is 0 Å². The monoisotopic (exact) mass is 456 g/mol. The molecule has 0 amide bonds. The van der Waals surface area contributed by atoms with E-state index in [9.17, 15) is 26.3 Å². The Morgan fingerprint density at radius 3 is 2.24 bits per heavy atom. The predicted molar refractivity (Wildman–Crippen MR) is 115 cm³/mol. The standard InChI is InChI=1S/C25H14F6N2/c26-24(27,28)14-9-10-17(20(11-14)25(29,30)31)23(18-12-32-21-7-3-1-5-15(18)21)19-13-33-22-8-4-2-6-16(19)22/h1-13,32H/b23-19+. The van der Waals surface area contributed by atoms with Gasteiger partial charge in [-0.05, 0) is 29.8 Å². The molecule has 33 heavy (non-hydrogen) atoms. The van der Waals surface area contributed by atoms with Gasteiger partial charge in [0, 0.05) is 45.6 Å². The maximum Gasteiger partial charge on any atom is 0.417 e. The van der Waals surface area contributed by atoms with Crippen molar-refractivity contribution in [3.8, 4) is 0 Å². The molecule has 1 aromatic heterocycles. The van der Waals surface area contributed by atoms with Gasteiger partial charge in [-0.15, -0.1) is 0 Å². The van der Waals surface area contributed by atoms with Crippen molar-refractivity contribution in [3.05, 3.63) is 101 Å². The van der Waals surface area contributed by atoms with Gasteiger partial charge in [-0.1, -0.05) is 42.5 Å². The molecule has 2 nitrogen and oxygen atoms in total. The van der Waals surface area contributed by atoms with Crippen LogP contribution in [-0.4, -0.2) is 11.2 Å². The van der Waals surface area contributed by atoms with Gasteiger partial charge in [0.25, 0.3) is 0 Å². The van der Waals surface area contributed by atoms with Crippen LogP contribution >= 0.6 is 0 Å². The minimum Gasteiger partial charge on any atom is -0.361 e. The summed E-state index contributed by atoms with van der Waals surface area (Å²) < 4.78 is 82.0. The Kier molecular flexibility index (Phi) is 4.70. The number of hydrogen-bond acceptors (Lipinski definition) is 1. The smallest absolute Gasteiger partial charge is 0.361 e. The molecular weight excluding hydrogens is 442 g/mol. The number of fused-ring (bicyclic) bond motifs is 2. The van der Waals surface area contributed by atoms with Crippen LogP contribution in [0.3, 0.4) is 0 Å². The minimum absolute atomic E-state index is 0.155. The topological polar surface area (TPSA) is 28.1 Å². The first-order valence-corrected chi connectivity index (χ1v) is 9.87. The quantitative estimate of drug-likeness (QED) is 0.297. The summed E-state index contributed by atoms with van der Waals surface area (Å²) in [5.41, 5.74) is -0.203. The Bertz CT molecular complexity index is 1440. The highest BCUT2D eigenvalue weighted by molar-refractivity contribution is 6.28. The molecule has 5 rings (SSSR count). The van der Waals surface area contributed by atoms with Crippen LogP contribution in [0.25, 0.3) is 22.0 Å². The van der Waals surface area contributed by atoms with Gasteiger partial charge in [0.15, 0.2) is 0 Å². The lowest BCUT2D eigenvalue weighted by molar-refractivity contribution is -0.143. The number of hydrogen-bond donors (Lipinski definition) is 1. The Labute approximate surface area is 183 Å². The van der Waals surface area contributed by atoms with Crippen LogP contribution in [0.1, 0.15) is 27.8 Å². The number of rotatable bonds is 2. The van der Waals surface area contributed by atoms with Gasteiger partial charge in [-0.3, -0.25) is 4.99 Å². The molecule has 4 aromatic rings. The Morgan fingerprint density at radius 1 is 0.758 bits per heavy atom. The third kappa shape index (κ3) is 3.61. The Balaban J connectivity index is 1.88. The number of alkyl halides is 6. The zero-order chi connectivity index (χ0) is 23.4. The Hall–Kier alpha value is -3.81. The molecule has 0 saturated heterocycles. The molecule has 0 aliphatic carbocycles. The molecule has 0 unspecified atom stereocenters. The highest BCUT2D eigenvalue weighted by Gasteiger charge is 2.39. The normalized spacial score (nSPS) is 15.2. The molecule has 1 aliphatic heterocycles. The largest absolute Gasteiger partial charge is 0.417 e. The van der Waals surface area contributed by atoms with Crippen molar-refractivity contribution in [3.63, 3.8) is 0 Å². The average Bonchev–Trinajstić information content (AvgIpc) is 3.38. The molecule has 0 radical (unpaired) electrons. The van der Waals surface area contributed by atoms with Crippen molar-refractivity contribution < 1.29 is 26.3 Å². The third-order valence-electron chi connectivity index (χ3n) is 5.58. The van der Waals surface area contributed by atoms with Gasteiger partial charge in [0.1, 0.15) is 0 Å². The zero-order valence-electron chi connectivity index (χ0n) is 16.7. The van der Waals surface area contributed by atoms with E-state index in [1.54, 1.807) is 54.7 Å². The van der Waals surface area contributed by atoms with Gasteiger partial charge >= 0.3 is 12.4 Å². The first-order chi connectivity index (χ1) is 15.6. The number of aliphatic imine (C=N–C) groups is 1. The van der Waals surface area contributed by atoms with Gasteiger partial charge in [0.2, 0.25) is 0 Å². The molecule has 0 atom stereocenters. The highest BCUT2D eigenvalue weighted by Crippen LogP contribution is 2.46. The molecule has 2 heterocycles. The van der Waals surface area contributed by atoms with Crippen molar-refractivity contribution in [2.75, 3.05) is 0 Å². The van der Waals surface area contributed by atoms with E-state index < -0.39 is 23.5 Å². The van der Waals surface area contributed by atoms with E-state index in [2.05, 4.69) is 9.98 Å². The molecule has 0 fully saturated rings. The fraction of sp³-hybridized carbons (Fsp3) is 0.0800. The summed E-state index contributed by atoms with van der Waals surface area (Å²) in [6.07, 6.45) is -6.89. The van der Waals surface area contributed by atoms with Gasteiger partial charge in [0.05, 0.1) is 16.8 Å². The van der Waals surface area contributed by atoms with Crippen molar-refractivity contribution in [2.45, 2.75) is 12.4 Å². The highest BCUT2D eigenvalue weighted by atomic mass is 19.4. The number of nitrogens with one attached hydrogen (secondary N) is 1. The van der Waals surface area contributed by atoms with Crippen LogP contribution in [0.2, 0.25) is 0 Å². The predicted octanol–water partition coefficient (Wildman–Crippen LogP) is 7.88. The molecule has 1 N–H and O–H groups in total. The summed E-state index contributed by atoms with van der Waals surface area (Å²) in [6, 6.07) is 15.7. The van der Waals surface area contributed by atoms with E-state index in [-0.39, 0.29) is 17.2 Å². The number of aromatic amines is 1. The first kappa shape index (κ1) is 21.1. The molecule has 3 aromatic carbocycles. The Morgan fingerprint density at radius 2 is 1.48 bits per heavy atom. The van der Waals surface area contributed by atoms with Crippen LogP contribution in [0.15, 0.2) is 77.9 Å². The molecular formula is C25H14F6N2. The van der Waals surface area contributed by atoms with Crippen LogP contribution in [-0.2, 0) is 12.4 Å². The number of benzene rings is 3. The molecule has 1 aliphatic rings.